The highest BCUT2D eigenvalue weighted by atomic mass is 16.5. The van der Waals surface area contributed by atoms with Gasteiger partial charge in [-0.15, -0.1) is 15.3 Å². The van der Waals surface area contributed by atoms with Crippen molar-refractivity contribution in [2.45, 2.75) is 19.3 Å². The lowest BCUT2D eigenvalue weighted by atomic mass is 9.85. The Balaban J connectivity index is 1.66. The average molecular weight is 391 g/mol. The summed E-state index contributed by atoms with van der Waals surface area (Å²) in [6, 6.07) is 8.67. The second kappa shape index (κ2) is 6.30. The van der Waals surface area contributed by atoms with E-state index in [0.717, 1.165) is 16.8 Å². The maximum absolute atomic E-state index is 12.5. The maximum atomic E-state index is 12.5. The Morgan fingerprint density at radius 1 is 1.24 bits per heavy atom. The van der Waals surface area contributed by atoms with E-state index in [1.807, 2.05) is 6.92 Å². The van der Waals surface area contributed by atoms with Gasteiger partial charge in [0.2, 0.25) is 5.91 Å². The highest BCUT2D eigenvalue weighted by Gasteiger charge is 2.33. The molecule has 0 radical (unpaired) electrons. The molecule has 3 aromatic heterocycles. The van der Waals surface area contributed by atoms with Crippen molar-refractivity contribution >= 4 is 17.4 Å². The number of hydrogen-bond donors (Lipinski definition) is 2. The number of phenolic OH excluding ortho intramolecular Hbond substituents is 1. The molecule has 0 aliphatic carbocycles. The Hall–Kier alpha value is -3.95. The third-order valence-corrected chi connectivity index (χ3v) is 5.07. The summed E-state index contributed by atoms with van der Waals surface area (Å²) in [7, 11) is 1.49. The van der Waals surface area contributed by atoms with E-state index in [2.05, 4.69) is 25.7 Å². The molecule has 0 spiro atoms. The Kier molecular flexibility index (Phi) is 3.73. The van der Waals surface area contributed by atoms with Crippen LogP contribution in [0.25, 0.3) is 11.5 Å². The van der Waals surface area contributed by atoms with Gasteiger partial charge in [-0.25, -0.2) is 0 Å². The number of benzene rings is 1. The maximum Gasteiger partial charge on any atom is 0.226 e. The Bertz CT molecular complexity index is 1260. The van der Waals surface area contributed by atoms with Gasteiger partial charge in [-0.1, -0.05) is 6.07 Å². The van der Waals surface area contributed by atoms with Crippen molar-refractivity contribution in [2.75, 3.05) is 12.4 Å². The van der Waals surface area contributed by atoms with E-state index >= 15 is 0 Å². The molecule has 0 unspecified atom stereocenters. The summed E-state index contributed by atoms with van der Waals surface area (Å²) < 4.78 is 8.40. The van der Waals surface area contributed by atoms with Crippen molar-refractivity contribution in [1.29, 1.82) is 0 Å². The van der Waals surface area contributed by atoms with Crippen LogP contribution in [0.4, 0.5) is 5.82 Å². The van der Waals surface area contributed by atoms with Crippen molar-refractivity contribution in [3.63, 3.8) is 0 Å². The molecule has 1 aliphatic heterocycles. The molecule has 1 aromatic carbocycles. The van der Waals surface area contributed by atoms with Crippen molar-refractivity contribution < 1.29 is 14.6 Å². The molecule has 1 atom stereocenters. The van der Waals surface area contributed by atoms with Crippen LogP contribution in [-0.4, -0.2) is 47.7 Å². The second-order valence-corrected chi connectivity index (χ2v) is 6.82. The van der Waals surface area contributed by atoms with E-state index in [1.54, 1.807) is 39.5 Å². The number of anilines is 1. The first-order valence-electron chi connectivity index (χ1n) is 8.99. The van der Waals surface area contributed by atoms with Crippen LogP contribution in [0.15, 0.2) is 36.7 Å². The molecule has 4 heterocycles. The predicted octanol–water partition coefficient (Wildman–Crippen LogP) is 1.81. The minimum Gasteiger partial charge on any atom is -0.504 e. The zero-order chi connectivity index (χ0) is 20.1. The third-order valence-electron chi connectivity index (χ3n) is 5.07. The van der Waals surface area contributed by atoms with Gasteiger partial charge in [-0.2, -0.15) is 14.3 Å². The lowest BCUT2D eigenvalue weighted by Crippen LogP contribution is -2.25. The fourth-order valence-electron chi connectivity index (χ4n) is 3.74. The number of rotatable bonds is 3. The number of nitrogens with zero attached hydrogens (tertiary/aromatic N) is 6. The van der Waals surface area contributed by atoms with Gasteiger partial charge in [0.25, 0.3) is 0 Å². The standard InChI is InChI=1S/C19H17N7O3/c1-10-18-12(11-3-4-13(27)14(7-11)29-2)8-17(28)21-19(18)26(23-10)16-6-5-15-22-20-9-25(15)24-16/h3-7,9,12,27H,8H2,1-2H3,(H,21,28)/t12-/m0/s1. The highest BCUT2D eigenvalue weighted by molar-refractivity contribution is 5.95. The van der Waals surface area contributed by atoms with Gasteiger partial charge < -0.3 is 15.2 Å². The Morgan fingerprint density at radius 3 is 2.93 bits per heavy atom. The van der Waals surface area contributed by atoms with E-state index in [4.69, 9.17) is 4.74 Å². The monoisotopic (exact) mass is 391 g/mol. The molecule has 2 N–H and O–H groups in total. The summed E-state index contributed by atoms with van der Waals surface area (Å²) in [5.41, 5.74) is 3.16. The van der Waals surface area contributed by atoms with Crippen LogP contribution < -0.4 is 10.1 Å². The molecule has 29 heavy (non-hydrogen) atoms. The van der Waals surface area contributed by atoms with E-state index < -0.39 is 0 Å². The van der Waals surface area contributed by atoms with Crippen LogP contribution in [0.2, 0.25) is 0 Å². The van der Waals surface area contributed by atoms with Crippen molar-refractivity contribution in [3.05, 3.63) is 53.5 Å². The third kappa shape index (κ3) is 2.68. The number of aromatic hydroxyl groups is 1. The Labute approximate surface area is 164 Å². The molecular weight excluding hydrogens is 374 g/mol. The van der Waals surface area contributed by atoms with Crippen LogP contribution >= 0.6 is 0 Å². The lowest BCUT2D eigenvalue weighted by Gasteiger charge is -2.24. The van der Waals surface area contributed by atoms with Crippen LogP contribution in [0.3, 0.4) is 0 Å². The molecule has 4 aromatic rings. The van der Waals surface area contributed by atoms with Gasteiger partial charge in [0.15, 0.2) is 23.0 Å². The molecular formula is C19H17N7O3. The normalized spacial score (nSPS) is 15.9. The molecule has 0 fully saturated rings. The molecule has 146 valence electrons. The number of methoxy groups -OCH3 is 1. The molecule has 5 rings (SSSR count). The van der Waals surface area contributed by atoms with E-state index in [-0.39, 0.29) is 24.0 Å². The first-order chi connectivity index (χ1) is 14.0. The van der Waals surface area contributed by atoms with Crippen molar-refractivity contribution in [2.24, 2.45) is 0 Å². The van der Waals surface area contributed by atoms with Gasteiger partial charge in [0, 0.05) is 17.9 Å². The molecule has 0 saturated carbocycles. The van der Waals surface area contributed by atoms with E-state index in [0.29, 0.717) is 23.0 Å². The van der Waals surface area contributed by atoms with Gasteiger partial charge in [-0.3, -0.25) is 4.79 Å². The first kappa shape index (κ1) is 17.2. The summed E-state index contributed by atoms with van der Waals surface area (Å²) in [6.07, 6.45) is 1.77. The van der Waals surface area contributed by atoms with Crippen LogP contribution in [0.5, 0.6) is 11.5 Å². The highest BCUT2D eigenvalue weighted by Crippen LogP contribution is 2.42. The van der Waals surface area contributed by atoms with Gasteiger partial charge in [0.1, 0.15) is 12.1 Å². The molecule has 10 heteroatoms. The molecule has 1 amide bonds. The second-order valence-electron chi connectivity index (χ2n) is 6.82. The summed E-state index contributed by atoms with van der Waals surface area (Å²) in [5.74, 6) is 1.18. The average Bonchev–Trinajstić information content (AvgIpc) is 3.31. The topological polar surface area (TPSA) is 119 Å². The van der Waals surface area contributed by atoms with Crippen LogP contribution in [-0.2, 0) is 4.79 Å². The number of hydrogen-bond acceptors (Lipinski definition) is 7. The largest absolute Gasteiger partial charge is 0.504 e. The summed E-state index contributed by atoms with van der Waals surface area (Å²) in [4.78, 5) is 12.5. The zero-order valence-corrected chi connectivity index (χ0v) is 15.7. The van der Waals surface area contributed by atoms with Gasteiger partial charge in [0.05, 0.1) is 12.8 Å². The summed E-state index contributed by atoms with van der Waals surface area (Å²) >= 11 is 0. The molecule has 0 bridgehead atoms. The summed E-state index contributed by atoms with van der Waals surface area (Å²) in [5, 5.41) is 29.7. The first-order valence-corrected chi connectivity index (χ1v) is 8.99. The van der Waals surface area contributed by atoms with Crippen LogP contribution in [0, 0.1) is 6.92 Å². The smallest absolute Gasteiger partial charge is 0.226 e. The number of aryl methyl sites for hydroxylation is 1. The van der Waals surface area contributed by atoms with Crippen LogP contribution in [0.1, 0.15) is 29.2 Å². The minimum atomic E-state index is -0.222. The Morgan fingerprint density at radius 2 is 2.10 bits per heavy atom. The zero-order valence-electron chi connectivity index (χ0n) is 15.7. The quantitative estimate of drug-likeness (QED) is 0.546. The predicted molar refractivity (Wildman–Crippen MR) is 102 cm³/mol. The number of phenols is 1. The number of ether oxygens (including phenoxy) is 1. The fraction of sp³-hybridized carbons (Fsp3) is 0.211. The minimum absolute atomic E-state index is 0.0515. The van der Waals surface area contributed by atoms with E-state index in [1.165, 1.54) is 13.4 Å². The lowest BCUT2D eigenvalue weighted by molar-refractivity contribution is -0.116. The SMILES string of the molecule is COc1cc([C@@H]2CC(=O)Nc3c2c(C)nn3-c2ccc3nncn3n2)ccc1O. The molecule has 1 aliphatic rings. The number of carbonyl (C=O) groups excluding carboxylic acids is 1. The number of nitrogens with one attached hydrogen (secondary N) is 1. The van der Waals surface area contributed by atoms with Crippen molar-refractivity contribution in [1.82, 2.24) is 29.6 Å². The van der Waals surface area contributed by atoms with E-state index in [9.17, 15) is 9.90 Å². The van der Waals surface area contributed by atoms with Crippen molar-refractivity contribution in [3.8, 4) is 17.3 Å². The number of fused-ring (bicyclic) bond motifs is 2. The fourth-order valence-corrected chi connectivity index (χ4v) is 3.74. The molecule has 0 saturated heterocycles. The van der Waals surface area contributed by atoms with Gasteiger partial charge in [-0.05, 0) is 36.8 Å². The van der Waals surface area contributed by atoms with Gasteiger partial charge >= 0.3 is 0 Å². The summed E-state index contributed by atoms with van der Waals surface area (Å²) in [6.45, 7) is 1.90. The number of aromatic nitrogens is 6. The number of amides is 1. The molecule has 10 nitrogen and oxygen atoms in total. The number of carbonyl (C=O) groups is 1.